The third-order valence-electron chi connectivity index (χ3n) is 3.52. The molecule has 23 heavy (non-hydrogen) atoms. The number of esters is 1. The Morgan fingerprint density at radius 2 is 2.17 bits per heavy atom. The molecule has 1 aliphatic heterocycles. The maximum Gasteiger partial charge on any atom is 0.357 e. The van der Waals surface area contributed by atoms with Crippen LogP contribution in [0.2, 0.25) is 0 Å². The van der Waals surface area contributed by atoms with Crippen molar-refractivity contribution in [2.75, 3.05) is 18.5 Å². The van der Waals surface area contributed by atoms with Gasteiger partial charge in [-0.05, 0) is 27.7 Å². The molecular weight excluding hydrogens is 318 g/mol. The van der Waals surface area contributed by atoms with Crippen LogP contribution in [0.15, 0.2) is 5.38 Å². The summed E-state index contributed by atoms with van der Waals surface area (Å²) in [7, 11) is 0. The maximum absolute atomic E-state index is 12.3. The predicted molar refractivity (Wildman–Crippen MR) is 86.3 cm³/mol. The number of aromatic nitrogens is 1. The van der Waals surface area contributed by atoms with E-state index in [9.17, 15) is 14.4 Å². The molecule has 1 saturated heterocycles. The van der Waals surface area contributed by atoms with E-state index in [0.29, 0.717) is 11.7 Å². The van der Waals surface area contributed by atoms with Crippen molar-refractivity contribution in [3.63, 3.8) is 0 Å². The number of rotatable bonds is 4. The molecule has 0 saturated carbocycles. The number of thiazole rings is 1. The highest BCUT2D eigenvalue weighted by atomic mass is 32.1. The van der Waals surface area contributed by atoms with E-state index in [1.807, 2.05) is 20.8 Å². The van der Waals surface area contributed by atoms with Crippen molar-refractivity contribution in [1.82, 2.24) is 9.88 Å². The zero-order valence-electron chi connectivity index (χ0n) is 13.7. The topological polar surface area (TPSA) is 88.6 Å². The molecule has 7 nitrogen and oxygen atoms in total. The fraction of sp³-hybridized carbons (Fsp3) is 0.600. The van der Waals surface area contributed by atoms with Gasteiger partial charge in [-0.2, -0.15) is 0 Å². The Hall–Kier alpha value is -1.96. The first-order valence-electron chi connectivity index (χ1n) is 7.46. The Bertz CT molecular complexity index is 620. The van der Waals surface area contributed by atoms with E-state index in [2.05, 4.69) is 10.3 Å². The van der Waals surface area contributed by atoms with Gasteiger partial charge in [0.05, 0.1) is 12.5 Å². The second-order valence-corrected chi connectivity index (χ2v) is 7.18. The normalized spacial score (nSPS) is 18.2. The summed E-state index contributed by atoms with van der Waals surface area (Å²) in [6.45, 7) is 8.20. The van der Waals surface area contributed by atoms with E-state index in [4.69, 9.17) is 4.74 Å². The van der Waals surface area contributed by atoms with Crippen LogP contribution >= 0.6 is 11.3 Å². The molecule has 0 bridgehead atoms. The van der Waals surface area contributed by atoms with E-state index >= 15 is 0 Å². The molecule has 8 heteroatoms. The number of hydrogen-bond donors (Lipinski definition) is 1. The zero-order chi connectivity index (χ0) is 17.2. The fourth-order valence-electron chi connectivity index (χ4n) is 2.37. The Kier molecular flexibility index (Phi) is 5.03. The van der Waals surface area contributed by atoms with Gasteiger partial charge >= 0.3 is 5.97 Å². The van der Waals surface area contributed by atoms with Crippen LogP contribution in [0.5, 0.6) is 0 Å². The number of likely N-dealkylation sites (tertiary alicyclic amines) is 1. The lowest BCUT2D eigenvalue weighted by atomic mass is 10.1. The minimum atomic E-state index is -0.515. The largest absolute Gasteiger partial charge is 0.461 e. The second-order valence-electron chi connectivity index (χ2n) is 6.32. The van der Waals surface area contributed by atoms with E-state index < -0.39 is 11.9 Å². The number of carbonyl (C=O) groups excluding carboxylic acids is 3. The fourth-order valence-corrected chi connectivity index (χ4v) is 3.05. The summed E-state index contributed by atoms with van der Waals surface area (Å²) in [5, 5.41) is 4.55. The molecule has 2 heterocycles. The standard InChI is InChI=1S/C15H21N3O4S/c1-5-22-13(21)10-8-23-14(16-10)17-12(20)9-6-11(19)18(7-9)15(2,3)4/h8-9H,5-7H2,1-4H3,(H,16,17,20). The Morgan fingerprint density at radius 1 is 1.48 bits per heavy atom. The van der Waals surface area contributed by atoms with Crippen molar-refractivity contribution in [2.24, 2.45) is 5.92 Å². The van der Waals surface area contributed by atoms with Crippen LogP contribution in [0.4, 0.5) is 5.13 Å². The first-order chi connectivity index (χ1) is 10.7. The number of amides is 2. The summed E-state index contributed by atoms with van der Waals surface area (Å²) in [4.78, 5) is 41.6. The molecular formula is C15H21N3O4S. The smallest absolute Gasteiger partial charge is 0.357 e. The predicted octanol–water partition coefficient (Wildman–Crippen LogP) is 1.91. The molecule has 1 aromatic rings. The van der Waals surface area contributed by atoms with Crippen LogP contribution in [0.3, 0.4) is 0 Å². The number of ether oxygens (including phenoxy) is 1. The van der Waals surface area contributed by atoms with Crippen molar-refractivity contribution in [1.29, 1.82) is 0 Å². The van der Waals surface area contributed by atoms with Gasteiger partial charge in [0, 0.05) is 23.9 Å². The number of hydrogen-bond acceptors (Lipinski definition) is 6. The van der Waals surface area contributed by atoms with Crippen molar-refractivity contribution < 1.29 is 19.1 Å². The number of carbonyl (C=O) groups is 3. The monoisotopic (exact) mass is 339 g/mol. The van der Waals surface area contributed by atoms with Crippen molar-refractivity contribution >= 4 is 34.3 Å². The number of nitrogens with one attached hydrogen (secondary N) is 1. The summed E-state index contributed by atoms with van der Waals surface area (Å²) < 4.78 is 4.85. The summed E-state index contributed by atoms with van der Waals surface area (Å²) in [5.74, 6) is -1.20. The van der Waals surface area contributed by atoms with Gasteiger partial charge in [0.15, 0.2) is 10.8 Å². The van der Waals surface area contributed by atoms with Gasteiger partial charge in [-0.25, -0.2) is 9.78 Å². The van der Waals surface area contributed by atoms with Crippen LogP contribution in [-0.4, -0.2) is 46.4 Å². The summed E-state index contributed by atoms with van der Waals surface area (Å²) >= 11 is 1.16. The number of anilines is 1. The van der Waals surface area contributed by atoms with Gasteiger partial charge < -0.3 is 15.0 Å². The van der Waals surface area contributed by atoms with Gasteiger partial charge in [-0.1, -0.05) is 0 Å². The third-order valence-corrected chi connectivity index (χ3v) is 4.28. The highest BCUT2D eigenvalue weighted by Gasteiger charge is 2.39. The molecule has 0 spiro atoms. The van der Waals surface area contributed by atoms with Crippen LogP contribution in [0.1, 0.15) is 44.6 Å². The molecule has 1 atom stereocenters. The van der Waals surface area contributed by atoms with E-state index in [-0.39, 0.29) is 36.1 Å². The SMILES string of the molecule is CCOC(=O)c1csc(NC(=O)C2CC(=O)N(C(C)(C)C)C2)n1. The molecule has 2 rings (SSSR count). The lowest BCUT2D eigenvalue weighted by molar-refractivity contribution is -0.131. The van der Waals surface area contributed by atoms with Crippen LogP contribution in [0, 0.1) is 5.92 Å². The van der Waals surface area contributed by atoms with Crippen molar-refractivity contribution in [3.05, 3.63) is 11.1 Å². The van der Waals surface area contributed by atoms with Gasteiger partial charge in [0.2, 0.25) is 11.8 Å². The Balaban J connectivity index is 1.98. The van der Waals surface area contributed by atoms with Gasteiger partial charge in [0.1, 0.15) is 0 Å². The van der Waals surface area contributed by atoms with E-state index in [1.165, 1.54) is 5.38 Å². The molecule has 1 fully saturated rings. The molecule has 0 radical (unpaired) electrons. The van der Waals surface area contributed by atoms with Gasteiger partial charge in [0.25, 0.3) is 0 Å². The van der Waals surface area contributed by atoms with E-state index in [0.717, 1.165) is 11.3 Å². The quantitative estimate of drug-likeness (QED) is 0.847. The lowest BCUT2D eigenvalue weighted by Gasteiger charge is -2.31. The molecule has 1 N–H and O–H groups in total. The summed E-state index contributed by atoms with van der Waals surface area (Å²) in [5.41, 5.74) is -0.129. The third kappa shape index (κ3) is 4.07. The average Bonchev–Trinajstić information content (AvgIpc) is 3.05. The van der Waals surface area contributed by atoms with Crippen molar-refractivity contribution in [3.8, 4) is 0 Å². The molecule has 2 amide bonds. The lowest BCUT2D eigenvalue weighted by Crippen LogP contribution is -2.42. The van der Waals surface area contributed by atoms with Crippen LogP contribution in [0.25, 0.3) is 0 Å². The highest BCUT2D eigenvalue weighted by molar-refractivity contribution is 7.14. The van der Waals surface area contributed by atoms with Gasteiger partial charge in [-0.15, -0.1) is 11.3 Å². The Labute approximate surface area is 139 Å². The first-order valence-corrected chi connectivity index (χ1v) is 8.34. The van der Waals surface area contributed by atoms with Crippen LogP contribution in [-0.2, 0) is 14.3 Å². The Morgan fingerprint density at radius 3 is 2.74 bits per heavy atom. The summed E-state index contributed by atoms with van der Waals surface area (Å²) in [6, 6.07) is 0. The minimum Gasteiger partial charge on any atom is -0.461 e. The average molecular weight is 339 g/mol. The van der Waals surface area contributed by atoms with Crippen molar-refractivity contribution in [2.45, 2.75) is 39.7 Å². The molecule has 0 aromatic carbocycles. The number of nitrogens with zero attached hydrogens (tertiary/aromatic N) is 2. The van der Waals surface area contributed by atoms with Gasteiger partial charge in [-0.3, -0.25) is 9.59 Å². The molecule has 1 aliphatic rings. The zero-order valence-corrected chi connectivity index (χ0v) is 14.5. The maximum atomic E-state index is 12.3. The van der Waals surface area contributed by atoms with E-state index in [1.54, 1.807) is 11.8 Å². The first kappa shape index (κ1) is 17.4. The molecule has 1 aromatic heterocycles. The minimum absolute atomic E-state index is 0.0241. The molecule has 1 unspecified atom stereocenters. The summed E-state index contributed by atoms with van der Waals surface area (Å²) in [6.07, 6.45) is 0.194. The highest BCUT2D eigenvalue weighted by Crippen LogP contribution is 2.27. The molecule has 0 aliphatic carbocycles. The van der Waals surface area contributed by atoms with Crippen LogP contribution < -0.4 is 5.32 Å². The molecule has 126 valence electrons. The second kappa shape index (κ2) is 6.66.